The van der Waals surface area contributed by atoms with Gasteiger partial charge in [-0.05, 0) is 25.1 Å². The maximum atomic E-state index is 12.8. The zero-order valence-corrected chi connectivity index (χ0v) is 12.7. The summed E-state index contributed by atoms with van der Waals surface area (Å²) in [5, 5.41) is 0. The number of hydrogen-bond donors (Lipinski definition) is 0. The first kappa shape index (κ1) is 14.1. The van der Waals surface area contributed by atoms with Gasteiger partial charge in [0, 0.05) is 0 Å². The highest BCUT2D eigenvalue weighted by Crippen LogP contribution is 2.52. The van der Waals surface area contributed by atoms with Gasteiger partial charge in [0.1, 0.15) is 0 Å². The van der Waals surface area contributed by atoms with Gasteiger partial charge in [-0.2, -0.15) is 0 Å². The molecule has 23 heavy (non-hydrogen) atoms. The van der Waals surface area contributed by atoms with Crippen molar-refractivity contribution in [3.8, 4) is 0 Å². The van der Waals surface area contributed by atoms with Crippen molar-refractivity contribution in [3.05, 3.63) is 42.0 Å². The Morgan fingerprint density at radius 3 is 2.78 bits per heavy atom. The highest BCUT2D eigenvalue weighted by atomic mass is 16.5. The summed E-state index contributed by atoms with van der Waals surface area (Å²) in [5.41, 5.74) is -0.0388. The Labute approximate surface area is 132 Å². The SMILES string of the molecule is COC(=O)c1cccc(N2C(=O)[C@@H]3[C@@H](C2=O)[C@@]2(C)C=C[C@H]3O2)c1. The minimum Gasteiger partial charge on any atom is -0.465 e. The lowest BCUT2D eigenvalue weighted by atomic mass is 9.78. The van der Waals surface area contributed by atoms with Crippen LogP contribution in [0.1, 0.15) is 17.3 Å². The van der Waals surface area contributed by atoms with Crippen LogP contribution in [0, 0.1) is 11.8 Å². The second kappa shape index (κ2) is 4.52. The number of anilines is 1. The number of methoxy groups -OCH3 is 1. The number of carbonyl (C=O) groups excluding carboxylic acids is 3. The number of ether oxygens (including phenoxy) is 2. The normalized spacial score (nSPS) is 34.2. The third-order valence-corrected chi connectivity index (χ3v) is 4.85. The Morgan fingerprint density at radius 2 is 2.09 bits per heavy atom. The molecule has 4 atom stereocenters. The average Bonchev–Trinajstić information content (AvgIpc) is 3.15. The third kappa shape index (κ3) is 1.75. The van der Waals surface area contributed by atoms with Crippen LogP contribution in [0.5, 0.6) is 0 Å². The highest BCUT2D eigenvalue weighted by molar-refractivity contribution is 6.23. The molecule has 1 aromatic carbocycles. The molecule has 2 fully saturated rings. The molecule has 0 unspecified atom stereocenters. The number of imide groups is 1. The number of nitrogens with zero attached hydrogens (tertiary/aromatic N) is 1. The van der Waals surface area contributed by atoms with E-state index in [-0.39, 0.29) is 17.9 Å². The van der Waals surface area contributed by atoms with Crippen molar-refractivity contribution < 1.29 is 23.9 Å². The molecule has 1 aromatic rings. The molecular weight excluding hydrogens is 298 g/mol. The zero-order chi connectivity index (χ0) is 16.4. The van der Waals surface area contributed by atoms with Crippen LogP contribution in [0.2, 0.25) is 0 Å². The fourth-order valence-electron chi connectivity index (χ4n) is 3.80. The molecule has 0 aromatic heterocycles. The zero-order valence-electron chi connectivity index (χ0n) is 12.7. The van der Waals surface area contributed by atoms with E-state index in [4.69, 9.17) is 4.74 Å². The van der Waals surface area contributed by atoms with Crippen LogP contribution < -0.4 is 4.90 Å². The van der Waals surface area contributed by atoms with Gasteiger partial charge in [0.15, 0.2) is 0 Å². The molecule has 0 saturated carbocycles. The van der Waals surface area contributed by atoms with E-state index < -0.39 is 23.4 Å². The van der Waals surface area contributed by atoms with Crippen molar-refractivity contribution in [1.29, 1.82) is 0 Å². The van der Waals surface area contributed by atoms with Crippen molar-refractivity contribution in [2.24, 2.45) is 11.8 Å². The van der Waals surface area contributed by atoms with Gasteiger partial charge in [0.25, 0.3) is 0 Å². The van der Waals surface area contributed by atoms with Gasteiger partial charge in [0.2, 0.25) is 11.8 Å². The summed E-state index contributed by atoms with van der Waals surface area (Å²) in [7, 11) is 1.28. The second-order valence-corrected chi connectivity index (χ2v) is 6.18. The van der Waals surface area contributed by atoms with Crippen LogP contribution in [-0.2, 0) is 19.1 Å². The topological polar surface area (TPSA) is 72.9 Å². The minimum absolute atomic E-state index is 0.278. The van der Waals surface area contributed by atoms with Gasteiger partial charge >= 0.3 is 5.97 Å². The van der Waals surface area contributed by atoms with Crippen LogP contribution >= 0.6 is 0 Å². The van der Waals surface area contributed by atoms with E-state index in [1.54, 1.807) is 18.2 Å². The van der Waals surface area contributed by atoms with Gasteiger partial charge in [0.05, 0.1) is 41.9 Å². The number of esters is 1. The number of amides is 2. The maximum absolute atomic E-state index is 12.8. The molecule has 118 valence electrons. The Hall–Kier alpha value is -2.47. The van der Waals surface area contributed by atoms with Crippen molar-refractivity contribution in [1.82, 2.24) is 0 Å². The summed E-state index contributed by atoms with van der Waals surface area (Å²) in [5.74, 6) is -2.06. The van der Waals surface area contributed by atoms with Gasteiger partial charge in [-0.1, -0.05) is 18.2 Å². The fraction of sp³-hybridized carbons (Fsp3) is 0.353. The van der Waals surface area contributed by atoms with Gasteiger partial charge in [-0.15, -0.1) is 0 Å². The molecule has 2 saturated heterocycles. The lowest BCUT2D eigenvalue weighted by Gasteiger charge is -2.24. The molecule has 4 rings (SSSR count). The second-order valence-electron chi connectivity index (χ2n) is 6.18. The smallest absolute Gasteiger partial charge is 0.337 e. The molecular formula is C17H15NO5. The summed E-state index contributed by atoms with van der Waals surface area (Å²) in [6.45, 7) is 1.83. The first-order chi connectivity index (χ1) is 11.0. The Kier molecular flexibility index (Phi) is 2.78. The molecule has 6 nitrogen and oxygen atoms in total. The Bertz CT molecular complexity index is 770. The summed E-state index contributed by atoms with van der Waals surface area (Å²) in [6.07, 6.45) is 3.36. The largest absolute Gasteiger partial charge is 0.465 e. The molecule has 0 aliphatic carbocycles. The lowest BCUT2D eigenvalue weighted by molar-refractivity contribution is -0.126. The standard InChI is InChI=1S/C17H15NO5/c1-17-7-6-11(23-17)12-13(17)15(20)18(14(12)19)10-5-3-4-9(8-10)16(21)22-2/h3-8,11-13H,1-2H3/t11-,12+,13+,17-/m1/s1. The molecule has 3 aliphatic rings. The first-order valence-electron chi connectivity index (χ1n) is 7.39. The summed E-state index contributed by atoms with van der Waals surface area (Å²) in [6, 6.07) is 6.35. The van der Waals surface area contributed by atoms with E-state index in [9.17, 15) is 14.4 Å². The fourth-order valence-corrected chi connectivity index (χ4v) is 3.80. The van der Waals surface area contributed by atoms with E-state index in [1.165, 1.54) is 18.1 Å². The molecule has 2 amide bonds. The lowest BCUT2D eigenvalue weighted by Crippen LogP contribution is -2.38. The Morgan fingerprint density at radius 1 is 1.30 bits per heavy atom. The van der Waals surface area contributed by atoms with Crippen LogP contribution in [0.3, 0.4) is 0 Å². The molecule has 2 bridgehead atoms. The molecule has 0 radical (unpaired) electrons. The quantitative estimate of drug-likeness (QED) is 0.467. The van der Waals surface area contributed by atoms with Gasteiger partial charge in [-0.25, -0.2) is 9.69 Å². The van der Waals surface area contributed by atoms with Crippen molar-refractivity contribution in [2.75, 3.05) is 12.0 Å². The summed E-state index contributed by atoms with van der Waals surface area (Å²) >= 11 is 0. The predicted octanol–water partition coefficient (Wildman–Crippen LogP) is 1.31. The van der Waals surface area contributed by atoms with E-state index in [0.29, 0.717) is 11.3 Å². The molecule has 3 heterocycles. The highest BCUT2D eigenvalue weighted by Gasteiger charge is 2.66. The predicted molar refractivity (Wildman–Crippen MR) is 79.7 cm³/mol. The van der Waals surface area contributed by atoms with Gasteiger partial charge in [-0.3, -0.25) is 9.59 Å². The third-order valence-electron chi connectivity index (χ3n) is 4.85. The number of fused-ring (bicyclic) bond motifs is 5. The number of hydrogen-bond acceptors (Lipinski definition) is 5. The molecule has 0 N–H and O–H groups in total. The average molecular weight is 313 g/mol. The van der Waals surface area contributed by atoms with E-state index in [2.05, 4.69) is 4.74 Å². The number of carbonyl (C=O) groups is 3. The van der Waals surface area contributed by atoms with Crippen molar-refractivity contribution in [3.63, 3.8) is 0 Å². The van der Waals surface area contributed by atoms with Crippen molar-refractivity contribution >= 4 is 23.5 Å². The number of rotatable bonds is 2. The molecule has 3 aliphatic heterocycles. The van der Waals surface area contributed by atoms with Crippen LogP contribution in [0.25, 0.3) is 0 Å². The number of benzene rings is 1. The summed E-state index contributed by atoms with van der Waals surface area (Å²) < 4.78 is 10.5. The van der Waals surface area contributed by atoms with Crippen LogP contribution in [0.4, 0.5) is 5.69 Å². The summed E-state index contributed by atoms with van der Waals surface area (Å²) in [4.78, 5) is 38.4. The minimum atomic E-state index is -0.725. The Balaban J connectivity index is 1.73. The van der Waals surface area contributed by atoms with E-state index >= 15 is 0 Å². The van der Waals surface area contributed by atoms with Crippen molar-refractivity contribution in [2.45, 2.75) is 18.6 Å². The van der Waals surface area contributed by atoms with Crippen LogP contribution in [-0.4, -0.2) is 36.6 Å². The first-order valence-corrected chi connectivity index (χ1v) is 7.39. The van der Waals surface area contributed by atoms with Gasteiger partial charge < -0.3 is 9.47 Å². The van der Waals surface area contributed by atoms with E-state index in [0.717, 1.165) is 0 Å². The molecule has 0 spiro atoms. The molecule has 6 heteroatoms. The maximum Gasteiger partial charge on any atom is 0.337 e. The van der Waals surface area contributed by atoms with Crippen LogP contribution in [0.15, 0.2) is 36.4 Å². The van der Waals surface area contributed by atoms with E-state index in [1.807, 2.05) is 19.1 Å². The monoisotopic (exact) mass is 313 g/mol.